The fraction of sp³-hybridized carbons (Fsp3) is 0.350. The Bertz CT molecular complexity index is 854. The third kappa shape index (κ3) is 3.33. The van der Waals surface area contributed by atoms with Crippen LogP contribution in [-0.2, 0) is 4.74 Å². The molecule has 5 heteroatoms. The van der Waals surface area contributed by atoms with Gasteiger partial charge in [-0.3, -0.25) is 0 Å². The maximum absolute atomic E-state index is 5.28. The van der Waals surface area contributed by atoms with Crippen molar-refractivity contribution < 1.29 is 4.74 Å². The van der Waals surface area contributed by atoms with Crippen molar-refractivity contribution in [2.45, 2.75) is 12.8 Å². The number of anilines is 1. The number of piperidine rings is 1. The highest BCUT2D eigenvalue weighted by atomic mass is 16.5. The average molecular weight is 334 g/mol. The van der Waals surface area contributed by atoms with E-state index < -0.39 is 0 Å². The predicted octanol–water partition coefficient (Wildman–Crippen LogP) is 3.55. The van der Waals surface area contributed by atoms with Crippen LogP contribution in [0, 0.1) is 5.92 Å². The summed E-state index contributed by atoms with van der Waals surface area (Å²) in [5.41, 5.74) is 1.98. The summed E-state index contributed by atoms with van der Waals surface area (Å²) in [6.45, 7) is 2.74. The first-order chi connectivity index (χ1) is 12.3. The van der Waals surface area contributed by atoms with Crippen LogP contribution in [0.5, 0.6) is 0 Å². The molecule has 1 aliphatic heterocycles. The van der Waals surface area contributed by atoms with Crippen LogP contribution in [0.3, 0.4) is 0 Å². The van der Waals surface area contributed by atoms with E-state index in [-0.39, 0.29) is 0 Å². The van der Waals surface area contributed by atoms with Crippen LogP contribution in [0.15, 0.2) is 48.7 Å². The second kappa shape index (κ2) is 7.15. The number of hydrogen-bond donors (Lipinski definition) is 0. The molecule has 4 rings (SSSR count). The zero-order chi connectivity index (χ0) is 17.1. The molecule has 0 radical (unpaired) electrons. The lowest BCUT2D eigenvalue weighted by atomic mass is 9.98. The monoisotopic (exact) mass is 334 g/mol. The van der Waals surface area contributed by atoms with Crippen molar-refractivity contribution in [1.82, 2.24) is 15.2 Å². The van der Waals surface area contributed by atoms with Gasteiger partial charge in [-0.1, -0.05) is 42.5 Å². The number of aromatic nitrogens is 3. The van der Waals surface area contributed by atoms with Gasteiger partial charge in [0.2, 0.25) is 5.95 Å². The van der Waals surface area contributed by atoms with Gasteiger partial charge in [0.1, 0.15) is 0 Å². The normalized spacial score (nSPS) is 15.6. The zero-order valence-corrected chi connectivity index (χ0v) is 14.4. The largest absolute Gasteiger partial charge is 0.384 e. The molecule has 128 valence electrons. The Balaban J connectivity index is 1.62. The highest BCUT2D eigenvalue weighted by Gasteiger charge is 2.21. The van der Waals surface area contributed by atoms with E-state index in [9.17, 15) is 0 Å². The molecule has 5 nitrogen and oxygen atoms in total. The highest BCUT2D eigenvalue weighted by Crippen LogP contribution is 2.28. The summed E-state index contributed by atoms with van der Waals surface area (Å²) in [7, 11) is 1.77. The predicted molar refractivity (Wildman–Crippen MR) is 99.6 cm³/mol. The van der Waals surface area contributed by atoms with Gasteiger partial charge in [-0.15, -0.1) is 5.10 Å². The van der Waals surface area contributed by atoms with Crippen LogP contribution in [0.1, 0.15) is 12.8 Å². The van der Waals surface area contributed by atoms with Crippen molar-refractivity contribution in [2.75, 3.05) is 31.7 Å². The molecule has 0 unspecified atom stereocenters. The molecular weight excluding hydrogens is 312 g/mol. The number of hydrogen-bond acceptors (Lipinski definition) is 5. The summed E-state index contributed by atoms with van der Waals surface area (Å²) in [5.74, 6) is 1.36. The van der Waals surface area contributed by atoms with E-state index in [1.54, 1.807) is 13.3 Å². The van der Waals surface area contributed by atoms with Crippen molar-refractivity contribution in [3.05, 3.63) is 48.7 Å². The van der Waals surface area contributed by atoms with Gasteiger partial charge in [-0.05, 0) is 29.5 Å². The standard InChI is InChI=1S/C20H22N4O/c1-25-14-15-9-11-24(12-10-15)20-22-19(13-21-23-20)18-8-4-6-16-5-2-3-7-17(16)18/h2-8,13,15H,9-12,14H2,1H3. The number of benzene rings is 2. The molecule has 0 atom stereocenters. The molecule has 1 saturated heterocycles. The van der Waals surface area contributed by atoms with Gasteiger partial charge in [0.15, 0.2) is 0 Å². The van der Waals surface area contributed by atoms with Gasteiger partial charge in [0.25, 0.3) is 0 Å². The molecule has 1 fully saturated rings. The van der Waals surface area contributed by atoms with E-state index in [4.69, 9.17) is 9.72 Å². The molecule has 1 aromatic heterocycles. The van der Waals surface area contributed by atoms with Crippen LogP contribution in [0.2, 0.25) is 0 Å². The van der Waals surface area contributed by atoms with Gasteiger partial charge in [-0.2, -0.15) is 5.10 Å². The SMILES string of the molecule is COCC1CCN(c2nncc(-c3cccc4ccccc34)n2)CC1. The van der Waals surface area contributed by atoms with Crippen molar-refractivity contribution in [3.63, 3.8) is 0 Å². The summed E-state index contributed by atoms with van der Waals surface area (Å²) in [6.07, 6.45) is 3.97. The maximum atomic E-state index is 5.28. The second-order valence-electron chi connectivity index (χ2n) is 6.55. The third-order valence-electron chi connectivity index (χ3n) is 4.91. The molecular formula is C20H22N4O. The van der Waals surface area contributed by atoms with E-state index in [0.29, 0.717) is 5.92 Å². The second-order valence-corrected chi connectivity index (χ2v) is 6.55. The van der Waals surface area contributed by atoms with E-state index in [2.05, 4.69) is 57.6 Å². The topological polar surface area (TPSA) is 51.1 Å². The van der Waals surface area contributed by atoms with E-state index in [1.165, 1.54) is 10.8 Å². The Labute approximate surface area is 147 Å². The van der Waals surface area contributed by atoms with Crippen molar-refractivity contribution in [2.24, 2.45) is 5.92 Å². The molecule has 0 bridgehead atoms. The van der Waals surface area contributed by atoms with Crippen molar-refractivity contribution in [1.29, 1.82) is 0 Å². The number of fused-ring (bicyclic) bond motifs is 1. The number of ether oxygens (including phenoxy) is 1. The fourth-order valence-corrected chi connectivity index (χ4v) is 3.54. The van der Waals surface area contributed by atoms with Gasteiger partial charge < -0.3 is 9.64 Å². The molecule has 3 aromatic rings. The van der Waals surface area contributed by atoms with Gasteiger partial charge in [-0.25, -0.2) is 4.98 Å². The molecule has 2 aromatic carbocycles. The Kier molecular flexibility index (Phi) is 4.57. The molecule has 0 amide bonds. The first-order valence-corrected chi connectivity index (χ1v) is 8.77. The van der Waals surface area contributed by atoms with E-state index in [1.807, 2.05) is 0 Å². The highest BCUT2D eigenvalue weighted by molar-refractivity contribution is 5.95. The third-order valence-corrected chi connectivity index (χ3v) is 4.91. The molecule has 0 N–H and O–H groups in total. The lowest BCUT2D eigenvalue weighted by molar-refractivity contribution is 0.139. The molecule has 0 spiro atoms. The van der Waals surface area contributed by atoms with E-state index in [0.717, 1.165) is 49.7 Å². The number of nitrogens with zero attached hydrogens (tertiary/aromatic N) is 4. The fourth-order valence-electron chi connectivity index (χ4n) is 3.54. The lowest BCUT2D eigenvalue weighted by Gasteiger charge is -2.31. The van der Waals surface area contributed by atoms with Crippen LogP contribution >= 0.6 is 0 Å². The van der Waals surface area contributed by atoms with Crippen LogP contribution in [0.25, 0.3) is 22.0 Å². The maximum Gasteiger partial charge on any atom is 0.245 e. The first-order valence-electron chi connectivity index (χ1n) is 8.77. The number of rotatable bonds is 4. The quantitative estimate of drug-likeness (QED) is 0.730. The lowest BCUT2D eigenvalue weighted by Crippen LogP contribution is -2.36. The summed E-state index contributed by atoms with van der Waals surface area (Å²) < 4.78 is 5.28. The Morgan fingerprint density at radius 3 is 2.72 bits per heavy atom. The summed E-state index contributed by atoms with van der Waals surface area (Å²) in [5, 5.41) is 10.9. The van der Waals surface area contributed by atoms with Gasteiger partial charge in [0.05, 0.1) is 11.9 Å². The minimum Gasteiger partial charge on any atom is -0.384 e. The summed E-state index contributed by atoms with van der Waals surface area (Å²) >= 11 is 0. The van der Waals surface area contributed by atoms with Crippen LogP contribution in [0.4, 0.5) is 5.95 Å². The summed E-state index contributed by atoms with van der Waals surface area (Å²) in [6, 6.07) is 14.6. The molecule has 1 aliphatic rings. The minimum atomic E-state index is 0.635. The summed E-state index contributed by atoms with van der Waals surface area (Å²) in [4.78, 5) is 7.04. The molecule has 0 saturated carbocycles. The van der Waals surface area contributed by atoms with Gasteiger partial charge in [0, 0.05) is 32.4 Å². The average Bonchev–Trinajstić information content (AvgIpc) is 2.68. The van der Waals surface area contributed by atoms with Crippen LogP contribution < -0.4 is 4.90 Å². The van der Waals surface area contributed by atoms with Crippen molar-refractivity contribution >= 4 is 16.7 Å². The number of methoxy groups -OCH3 is 1. The van der Waals surface area contributed by atoms with Gasteiger partial charge >= 0.3 is 0 Å². The molecule has 2 heterocycles. The van der Waals surface area contributed by atoms with Crippen molar-refractivity contribution in [3.8, 4) is 11.3 Å². The minimum absolute atomic E-state index is 0.635. The molecule has 0 aliphatic carbocycles. The van der Waals surface area contributed by atoms with E-state index >= 15 is 0 Å². The first kappa shape index (κ1) is 16.0. The van der Waals surface area contributed by atoms with Crippen LogP contribution in [-0.4, -0.2) is 42.0 Å². The molecule has 25 heavy (non-hydrogen) atoms. The zero-order valence-electron chi connectivity index (χ0n) is 14.4. The Hall–Kier alpha value is -2.53. The Morgan fingerprint density at radius 2 is 1.88 bits per heavy atom. The smallest absolute Gasteiger partial charge is 0.245 e. The Morgan fingerprint density at radius 1 is 1.08 bits per heavy atom.